The predicted molar refractivity (Wildman–Crippen MR) is 172 cm³/mol. The van der Waals surface area contributed by atoms with E-state index in [0.29, 0.717) is 5.56 Å². The van der Waals surface area contributed by atoms with Crippen molar-refractivity contribution in [2.45, 2.75) is 30.8 Å². The van der Waals surface area contributed by atoms with Crippen LogP contribution in [0.25, 0.3) is 22.3 Å². The monoisotopic (exact) mass is 684 g/mol. The minimum absolute atomic E-state index is 0.00141. The lowest BCUT2D eigenvalue weighted by molar-refractivity contribution is -0.148. The lowest BCUT2D eigenvalue weighted by Crippen LogP contribution is -2.70. The van der Waals surface area contributed by atoms with Gasteiger partial charge in [-0.15, -0.1) is 0 Å². The van der Waals surface area contributed by atoms with Gasteiger partial charge in [-0.05, 0) is 34.7 Å². The highest BCUT2D eigenvalue weighted by Crippen LogP contribution is 2.47. The van der Waals surface area contributed by atoms with Crippen molar-refractivity contribution in [3.8, 4) is 28.0 Å². The third kappa shape index (κ3) is 6.25. The average molecular weight is 686 g/mol. The largest absolute Gasteiger partial charge is 0.484 e. The molecule has 2 N–H and O–H groups in total. The van der Waals surface area contributed by atoms with Gasteiger partial charge in [-0.1, -0.05) is 102 Å². The molecule has 2 aliphatic rings. The van der Waals surface area contributed by atoms with Crippen LogP contribution in [0.5, 0.6) is 5.75 Å². The zero-order chi connectivity index (χ0) is 33.3. The molecule has 2 amide bonds. The summed E-state index contributed by atoms with van der Waals surface area (Å²) in [6.07, 6.45) is -3.73. The van der Waals surface area contributed by atoms with Gasteiger partial charge in [0.05, 0.1) is 29.3 Å². The molecule has 1 atom stereocenters. The Hall–Kier alpha value is -4.25. The van der Waals surface area contributed by atoms with Crippen molar-refractivity contribution in [3.63, 3.8) is 0 Å². The molecule has 0 saturated carbocycles. The number of fused-ring (bicyclic) bond motifs is 3. The van der Waals surface area contributed by atoms with E-state index in [2.05, 4.69) is 10.6 Å². The summed E-state index contributed by atoms with van der Waals surface area (Å²) in [5, 5.41) is 4.89. The number of carbonyl (C=O) groups excluding carboxylic acids is 2. The van der Waals surface area contributed by atoms with Gasteiger partial charge in [-0.3, -0.25) is 4.79 Å². The highest BCUT2D eigenvalue weighted by molar-refractivity contribution is 6.44. The Morgan fingerprint density at radius 2 is 1.53 bits per heavy atom. The number of amides is 2. The summed E-state index contributed by atoms with van der Waals surface area (Å²) < 4.78 is 58.5. The van der Waals surface area contributed by atoms with Crippen molar-refractivity contribution in [1.82, 2.24) is 10.6 Å². The molecule has 1 heterocycles. The molecule has 1 aliphatic carbocycles. The molecular weight excluding hydrogens is 656 g/mol. The van der Waals surface area contributed by atoms with Crippen molar-refractivity contribution in [2.24, 2.45) is 0 Å². The summed E-state index contributed by atoms with van der Waals surface area (Å²) in [6.45, 7) is 0.0473. The van der Waals surface area contributed by atoms with Crippen LogP contribution in [0.1, 0.15) is 35.6 Å². The van der Waals surface area contributed by atoms with E-state index in [0.717, 1.165) is 22.3 Å². The second-order valence-corrected chi connectivity index (χ2v) is 12.1. The van der Waals surface area contributed by atoms with E-state index in [4.69, 9.17) is 37.4 Å². The van der Waals surface area contributed by atoms with Gasteiger partial charge in [0.2, 0.25) is 0 Å². The minimum atomic E-state index is -2.89. The van der Waals surface area contributed by atoms with Crippen LogP contribution in [0.3, 0.4) is 0 Å². The van der Waals surface area contributed by atoms with Gasteiger partial charge in [-0.2, -0.15) is 0 Å². The number of alkyl carbamates (subject to hydrolysis) is 1. The highest BCUT2D eigenvalue weighted by atomic mass is 35.5. The van der Waals surface area contributed by atoms with Crippen molar-refractivity contribution in [2.75, 3.05) is 26.4 Å². The molecule has 0 bridgehead atoms. The molecule has 0 radical (unpaired) electrons. The van der Waals surface area contributed by atoms with E-state index in [1.165, 1.54) is 6.92 Å². The Bertz CT molecular complexity index is 1780. The van der Waals surface area contributed by atoms with E-state index < -0.39 is 48.2 Å². The molecule has 0 unspecified atom stereocenters. The Labute approximate surface area is 278 Å². The van der Waals surface area contributed by atoms with Gasteiger partial charge in [0.1, 0.15) is 13.2 Å². The molecule has 0 aromatic heterocycles. The SMILES string of the molecule is C[C@@H](NC(=O)C1(NC(=O)OCC2c3ccccc3-c3ccccc32)COC1)c1c(F)c(OCC(F)F)c(-c2ccccc2)c(Cl)c1Cl. The first kappa shape index (κ1) is 32.7. The minimum Gasteiger partial charge on any atom is -0.484 e. The lowest BCUT2D eigenvalue weighted by atomic mass is 9.94. The molecule has 4 aromatic rings. The van der Waals surface area contributed by atoms with E-state index in [9.17, 15) is 18.4 Å². The average Bonchev–Trinajstić information content (AvgIpc) is 3.36. The molecule has 12 heteroatoms. The number of hydrogen-bond donors (Lipinski definition) is 2. The highest BCUT2D eigenvalue weighted by Gasteiger charge is 2.48. The second kappa shape index (κ2) is 13.5. The van der Waals surface area contributed by atoms with Crippen LogP contribution >= 0.6 is 23.2 Å². The molecule has 4 aromatic carbocycles. The Kier molecular flexibility index (Phi) is 9.36. The van der Waals surface area contributed by atoms with Crippen molar-refractivity contribution >= 4 is 35.2 Å². The molecular formula is C35H29Cl2F3N2O5. The summed E-state index contributed by atoms with van der Waals surface area (Å²) in [5.74, 6) is -2.47. The molecule has 6 rings (SSSR count). The topological polar surface area (TPSA) is 85.9 Å². The fraction of sp³-hybridized carbons (Fsp3) is 0.257. The molecule has 1 fully saturated rings. The fourth-order valence-electron chi connectivity index (χ4n) is 5.98. The molecule has 244 valence electrons. The molecule has 1 saturated heterocycles. The van der Waals surface area contributed by atoms with Gasteiger partial charge in [0, 0.05) is 17.0 Å². The Balaban J connectivity index is 1.19. The maximum atomic E-state index is 16.1. The molecule has 7 nitrogen and oxygen atoms in total. The summed E-state index contributed by atoms with van der Waals surface area (Å²) in [5.41, 5.74) is 2.81. The van der Waals surface area contributed by atoms with Crippen LogP contribution in [-0.4, -0.2) is 50.4 Å². The summed E-state index contributed by atoms with van der Waals surface area (Å²) in [7, 11) is 0. The summed E-state index contributed by atoms with van der Waals surface area (Å²) in [4.78, 5) is 26.6. The van der Waals surface area contributed by atoms with Gasteiger partial charge in [-0.25, -0.2) is 18.0 Å². The van der Waals surface area contributed by atoms with Gasteiger partial charge < -0.3 is 24.8 Å². The van der Waals surface area contributed by atoms with E-state index in [-0.39, 0.29) is 46.9 Å². The van der Waals surface area contributed by atoms with Gasteiger partial charge in [0.15, 0.2) is 17.1 Å². The summed E-state index contributed by atoms with van der Waals surface area (Å²) in [6, 6.07) is 22.9. The normalized spacial score (nSPS) is 15.3. The van der Waals surface area contributed by atoms with Crippen molar-refractivity contribution in [3.05, 3.63) is 111 Å². The smallest absolute Gasteiger partial charge is 0.408 e. The second-order valence-electron chi connectivity index (χ2n) is 11.3. The van der Waals surface area contributed by atoms with Crippen LogP contribution in [-0.2, 0) is 14.3 Å². The third-order valence-corrected chi connectivity index (χ3v) is 9.19. The maximum Gasteiger partial charge on any atom is 0.408 e. The van der Waals surface area contributed by atoms with Crippen LogP contribution in [0.15, 0.2) is 78.9 Å². The Morgan fingerprint density at radius 1 is 0.936 bits per heavy atom. The first-order chi connectivity index (χ1) is 22.6. The summed E-state index contributed by atoms with van der Waals surface area (Å²) >= 11 is 13.1. The number of carbonyl (C=O) groups is 2. The van der Waals surface area contributed by atoms with E-state index in [1.807, 2.05) is 48.5 Å². The quantitative estimate of drug-likeness (QED) is 0.166. The van der Waals surface area contributed by atoms with Gasteiger partial charge >= 0.3 is 6.09 Å². The number of alkyl halides is 2. The molecule has 47 heavy (non-hydrogen) atoms. The van der Waals surface area contributed by atoms with Crippen LogP contribution < -0.4 is 15.4 Å². The number of hydrogen-bond acceptors (Lipinski definition) is 5. The first-order valence-corrected chi connectivity index (χ1v) is 15.6. The van der Waals surface area contributed by atoms with Crippen LogP contribution in [0.4, 0.5) is 18.0 Å². The maximum absolute atomic E-state index is 16.1. The van der Waals surface area contributed by atoms with Crippen molar-refractivity contribution < 1.29 is 37.0 Å². The number of benzene rings is 4. The predicted octanol–water partition coefficient (Wildman–Crippen LogP) is 7.93. The number of nitrogens with one attached hydrogen (secondary N) is 2. The number of rotatable bonds is 10. The first-order valence-electron chi connectivity index (χ1n) is 14.8. The number of ether oxygens (including phenoxy) is 3. The van der Waals surface area contributed by atoms with E-state index >= 15 is 4.39 Å². The molecule has 1 aliphatic heterocycles. The molecule has 0 spiro atoms. The Morgan fingerprint density at radius 3 is 2.11 bits per heavy atom. The van der Waals surface area contributed by atoms with Crippen LogP contribution in [0.2, 0.25) is 10.0 Å². The standard InChI is InChI=1S/C35H29Cl2F3N2O5/c1-19(27-29(36)30(37)28(20-9-3-2-4-10-20)32(31(27)40)46-16-26(38)39)41-33(43)35(17-45-18-35)42-34(44)47-15-25-23-13-7-5-11-21(23)22-12-6-8-14-24(22)25/h2-14,19,25-26H,15-18H2,1H3,(H,41,43)(H,42,44)/t19-/m1/s1. The lowest BCUT2D eigenvalue weighted by Gasteiger charge is -2.40. The number of halogens is 5. The van der Waals surface area contributed by atoms with Gasteiger partial charge in [0.25, 0.3) is 12.3 Å². The zero-order valence-corrected chi connectivity index (χ0v) is 26.5. The van der Waals surface area contributed by atoms with Crippen LogP contribution in [0, 0.1) is 5.82 Å². The van der Waals surface area contributed by atoms with Crippen molar-refractivity contribution in [1.29, 1.82) is 0 Å². The fourth-order valence-corrected chi connectivity index (χ4v) is 6.62. The van der Waals surface area contributed by atoms with E-state index in [1.54, 1.807) is 30.3 Å². The zero-order valence-electron chi connectivity index (χ0n) is 25.0. The third-order valence-electron chi connectivity index (χ3n) is 8.32.